The van der Waals surface area contributed by atoms with Crippen molar-refractivity contribution in [3.05, 3.63) is 59.2 Å². The normalized spacial score (nSPS) is 13.0. The van der Waals surface area contributed by atoms with Gasteiger partial charge in [0.05, 0.1) is 32.4 Å². The molecule has 2 aromatic rings. The Bertz CT molecular complexity index is 857. The lowest BCUT2D eigenvalue weighted by Gasteiger charge is -2.18. The first kappa shape index (κ1) is 23.3. The second-order valence-corrected chi connectivity index (χ2v) is 6.40. The van der Waals surface area contributed by atoms with E-state index in [4.69, 9.17) is 9.47 Å². The molecular formula is C21H26F3N3O3. The summed E-state index contributed by atoms with van der Waals surface area (Å²) in [5.41, 5.74) is 0.254. The molecular weight excluding hydrogens is 399 g/mol. The summed E-state index contributed by atoms with van der Waals surface area (Å²) in [6, 6.07) is 10.1. The zero-order chi connectivity index (χ0) is 22.1. The summed E-state index contributed by atoms with van der Waals surface area (Å²) < 4.78 is 49.1. The molecule has 0 heterocycles. The van der Waals surface area contributed by atoms with Crippen LogP contribution in [0.2, 0.25) is 0 Å². The molecule has 9 heteroatoms. The smallest absolute Gasteiger partial charge is 0.416 e. The highest BCUT2D eigenvalue weighted by Crippen LogP contribution is 2.30. The number of hydrogen-bond acceptors (Lipinski definition) is 4. The lowest BCUT2D eigenvalue weighted by molar-refractivity contribution is -0.137. The molecule has 3 N–H and O–H groups in total. The molecule has 30 heavy (non-hydrogen) atoms. The lowest BCUT2D eigenvalue weighted by atomic mass is 10.1. The van der Waals surface area contributed by atoms with Gasteiger partial charge in [-0.1, -0.05) is 12.1 Å². The molecule has 0 saturated heterocycles. The second kappa shape index (κ2) is 10.7. The van der Waals surface area contributed by atoms with Crippen LogP contribution in [-0.4, -0.2) is 38.4 Å². The first-order valence-corrected chi connectivity index (χ1v) is 9.36. The molecule has 0 spiro atoms. The number of methoxy groups -OCH3 is 2. The van der Waals surface area contributed by atoms with Gasteiger partial charge in [-0.05, 0) is 42.8 Å². The van der Waals surface area contributed by atoms with Crippen molar-refractivity contribution in [2.24, 2.45) is 4.99 Å². The quantitative estimate of drug-likeness (QED) is 0.446. The van der Waals surface area contributed by atoms with Crippen LogP contribution < -0.4 is 20.1 Å². The number of rotatable bonds is 8. The van der Waals surface area contributed by atoms with Crippen molar-refractivity contribution in [1.29, 1.82) is 0 Å². The van der Waals surface area contributed by atoms with Gasteiger partial charge in [0, 0.05) is 18.7 Å². The zero-order valence-electron chi connectivity index (χ0n) is 17.1. The van der Waals surface area contributed by atoms with Crippen LogP contribution in [0, 0.1) is 0 Å². The van der Waals surface area contributed by atoms with Gasteiger partial charge in [-0.15, -0.1) is 0 Å². The van der Waals surface area contributed by atoms with Crippen molar-refractivity contribution in [1.82, 2.24) is 10.6 Å². The van der Waals surface area contributed by atoms with E-state index in [1.165, 1.54) is 20.3 Å². The summed E-state index contributed by atoms with van der Waals surface area (Å²) in [4.78, 5) is 4.31. The average molecular weight is 425 g/mol. The summed E-state index contributed by atoms with van der Waals surface area (Å²) in [5, 5.41) is 16.6. The highest BCUT2D eigenvalue weighted by atomic mass is 19.4. The molecule has 1 unspecified atom stereocenters. The lowest BCUT2D eigenvalue weighted by Crippen LogP contribution is -2.39. The molecule has 0 radical (unpaired) electrons. The molecule has 0 bridgehead atoms. The first-order chi connectivity index (χ1) is 14.3. The van der Waals surface area contributed by atoms with Gasteiger partial charge in [-0.3, -0.25) is 0 Å². The van der Waals surface area contributed by atoms with Crippen LogP contribution in [0.4, 0.5) is 13.2 Å². The molecule has 6 nitrogen and oxygen atoms in total. The third kappa shape index (κ3) is 6.55. The van der Waals surface area contributed by atoms with Crippen LogP contribution in [0.5, 0.6) is 11.5 Å². The Labute approximate surface area is 173 Å². The summed E-state index contributed by atoms with van der Waals surface area (Å²) in [5.74, 6) is 1.46. The Morgan fingerprint density at radius 1 is 1.10 bits per heavy atom. The summed E-state index contributed by atoms with van der Waals surface area (Å²) >= 11 is 0. The van der Waals surface area contributed by atoms with Gasteiger partial charge in [-0.2, -0.15) is 13.2 Å². The third-order valence-corrected chi connectivity index (χ3v) is 4.28. The number of alkyl halides is 3. The van der Waals surface area contributed by atoms with E-state index in [1.54, 1.807) is 24.3 Å². The molecule has 0 aliphatic rings. The molecule has 0 amide bonds. The first-order valence-electron chi connectivity index (χ1n) is 9.36. The third-order valence-electron chi connectivity index (χ3n) is 4.28. The topological polar surface area (TPSA) is 75.1 Å². The van der Waals surface area contributed by atoms with Crippen molar-refractivity contribution >= 4 is 5.96 Å². The van der Waals surface area contributed by atoms with Crippen molar-refractivity contribution < 1.29 is 27.8 Å². The van der Waals surface area contributed by atoms with Gasteiger partial charge < -0.3 is 25.2 Å². The predicted octanol–water partition coefficient (Wildman–Crippen LogP) is 3.51. The number of benzene rings is 2. The van der Waals surface area contributed by atoms with Crippen molar-refractivity contribution in [3.63, 3.8) is 0 Å². The molecule has 0 aromatic heterocycles. The van der Waals surface area contributed by atoms with Crippen molar-refractivity contribution in [3.8, 4) is 11.5 Å². The minimum absolute atomic E-state index is 0.0534. The Kier molecular flexibility index (Phi) is 8.35. The number of ether oxygens (including phenoxy) is 2. The SMILES string of the molecule is CCNC(=NCc1cccc(C(F)(F)F)c1)NCC(O)c1cc(OC)ccc1OC. The minimum Gasteiger partial charge on any atom is -0.497 e. The Balaban J connectivity index is 2.09. The number of halogens is 3. The number of aliphatic hydroxyl groups excluding tert-OH is 1. The summed E-state index contributed by atoms with van der Waals surface area (Å²) in [6.07, 6.45) is -5.32. The molecule has 2 aromatic carbocycles. The predicted molar refractivity (Wildman–Crippen MR) is 109 cm³/mol. The van der Waals surface area contributed by atoms with Gasteiger partial charge in [-0.25, -0.2) is 4.99 Å². The maximum absolute atomic E-state index is 12.9. The largest absolute Gasteiger partial charge is 0.497 e. The molecule has 2 rings (SSSR count). The molecule has 164 valence electrons. The van der Waals surface area contributed by atoms with E-state index in [1.807, 2.05) is 6.92 Å². The molecule has 0 aliphatic heterocycles. The van der Waals surface area contributed by atoms with E-state index in [-0.39, 0.29) is 13.1 Å². The maximum atomic E-state index is 12.9. The van der Waals surface area contributed by atoms with Crippen LogP contribution in [0.3, 0.4) is 0 Å². The highest BCUT2D eigenvalue weighted by molar-refractivity contribution is 5.79. The Hall–Kier alpha value is -2.94. The van der Waals surface area contributed by atoms with Crippen molar-refractivity contribution in [2.45, 2.75) is 25.7 Å². The number of aliphatic imine (C=N–C) groups is 1. The van der Waals surface area contributed by atoms with Gasteiger partial charge in [0.1, 0.15) is 11.5 Å². The highest BCUT2D eigenvalue weighted by Gasteiger charge is 2.30. The molecule has 0 aliphatic carbocycles. The summed E-state index contributed by atoms with van der Waals surface area (Å²) in [7, 11) is 3.03. The van der Waals surface area contributed by atoms with Gasteiger partial charge >= 0.3 is 6.18 Å². The monoisotopic (exact) mass is 425 g/mol. The fourth-order valence-electron chi connectivity index (χ4n) is 2.76. The van der Waals surface area contributed by atoms with E-state index in [0.29, 0.717) is 35.1 Å². The van der Waals surface area contributed by atoms with E-state index in [9.17, 15) is 18.3 Å². The zero-order valence-corrected chi connectivity index (χ0v) is 17.1. The number of aliphatic hydroxyl groups is 1. The maximum Gasteiger partial charge on any atom is 0.416 e. The van der Waals surface area contributed by atoms with Gasteiger partial charge in [0.2, 0.25) is 0 Å². The van der Waals surface area contributed by atoms with Crippen LogP contribution in [0.25, 0.3) is 0 Å². The number of nitrogens with one attached hydrogen (secondary N) is 2. The number of nitrogens with zero attached hydrogens (tertiary/aromatic N) is 1. The van der Waals surface area contributed by atoms with Crippen LogP contribution in [-0.2, 0) is 12.7 Å². The van der Waals surface area contributed by atoms with E-state index < -0.39 is 17.8 Å². The minimum atomic E-state index is -4.40. The second-order valence-electron chi connectivity index (χ2n) is 6.40. The Morgan fingerprint density at radius 2 is 1.87 bits per heavy atom. The van der Waals surface area contributed by atoms with E-state index >= 15 is 0 Å². The average Bonchev–Trinajstić information content (AvgIpc) is 2.74. The Morgan fingerprint density at radius 3 is 2.50 bits per heavy atom. The van der Waals surface area contributed by atoms with Crippen molar-refractivity contribution in [2.75, 3.05) is 27.3 Å². The van der Waals surface area contributed by atoms with Crippen LogP contribution in [0.15, 0.2) is 47.5 Å². The van der Waals surface area contributed by atoms with Gasteiger partial charge in [0.25, 0.3) is 0 Å². The fourth-order valence-corrected chi connectivity index (χ4v) is 2.76. The fraction of sp³-hybridized carbons (Fsp3) is 0.381. The van der Waals surface area contributed by atoms with E-state index in [2.05, 4.69) is 15.6 Å². The van der Waals surface area contributed by atoms with Crippen LogP contribution in [0.1, 0.15) is 29.7 Å². The van der Waals surface area contributed by atoms with E-state index in [0.717, 1.165) is 12.1 Å². The molecule has 0 fully saturated rings. The summed E-state index contributed by atoms with van der Waals surface area (Å²) in [6.45, 7) is 2.58. The van der Waals surface area contributed by atoms with Gasteiger partial charge in [0.15, 0.2) is 5.96 Å². The molecule has 1 atom stereocenters. The standard InChI is InChI=1S/C21H26F3N3O3/c1-4-25-20(26-12-14-6-5-7-15(10-14)21(22,23)24)27-13-18(28)17-11-16(29-2)8-9-19(17)30-3/h5-11,18,28H,4,12-13H2,1-3H3,(H2,25,26,27). The van der Waals surface area contributed by atoms with Crippen LogP contribution >= 0.6 is 0 Å². The number of guanidine groups is 1. The number of hydrogen-bond donors (Lipinski definition) is 3. The molecule has 0 saturated carbocycles.